The van der Waals surface area contributed by atoms with Gasteiger partial charge in [-0.05, 0) is 21.7 Å². The van der Waals surface area contributed by atoms with E-state index in [2.05, 4.69) is 95.3 Å². The van der Waals surface area contributed by atoms with Crippen LogP contribution in [0.1, 0.15) is 34.6 Å². The van der Waals surface area contributed by atoms with Crippen molar-refractivity contribution < 1.29 is 4.43 Å². The van der Waals surface area contributed by atoms with Crippen LogP contribution in [0.2, 0.25) is 0 Å². The fourth-order valence-corrected chi connectivity index (χ4v) is 5.70. The second kappa shape index (κ2) is 8.10. The molecular formula is C21H31NOSi. The third-order valence-electron chi connectivity index (χ3n) is 4.46. The van der Waals surface area contributed by atoms with Gasteiger partial charge in [-0.1, -0.05) is 95.3 Å². The first-order valence-electron chi connectivity index (χ1n) is 8.81. The molecule has 0 radical (unpaired) electrons. The van der Waals surface area contributed by atoms with E-state index < -0.39 is 9.04 Å². The molecule has 1 unspecified atom stereocenters. The fraction of sp³-hybridized carbons (Fsp3) is 0.429. The van der Waals surface area contributed by atoms with E-state index in [9.17, 15) is 0 Å². The van der Waals surface area contributed by atoms with Gasteiger partial charge in [0, 0.05) is 6.04 Å². The summed E-state index contributed by atoms with van der Waals surface area (Å²) in [5.41, 5.74) is 6.55. The topological polar surface area (TPSA) is 35.2 Å². The van der Waals surface area contributed by atoms with Gasteiger partial charge in [0.1, 0.15) is 0 Å². The van der Waals surface area contributed by atoms with Crippen LogP contribution in [0.3, 0.4) is 0 Å². The maximum absolute atomic E-state index is 6.82. The van der Waals surface area contributed by atoms with Crippen molar-refractivity contribution in [3.05, 3.63) is 60.7 Å². The molecule has 0 saturated carbocycles. The Morgan fingerprint density at radius 3 is 1.58 bits per heavy atom. The van der Waals surface area contributed by atoms with Gasteiger partial charge < -0.3 is 10.2 Å². The molecule has 3 heteroatoms. The SMILES string of the molecule is CC(C)[C@H](N)C(O[SiH](c1ccccc1)c1ccccc1)C(C)(C)C. The summed E-state index contributed by atoms with van der Waals surface area (Å²) >= 11 is 0. The highest BCUT2D eigenvalue weighted by atomic mass is 28.3. The summed E-state index contributed by atoms with van der Waals surface area (Å²) in [6, 6.07) is 21.2. The van der Waals surface area contributed by atoms with E-state index in [-0.39, 0.29) is 17.6 Å². The summed E-state index contributed by atoms with van der Waals surface area (Å²) in [6.45, 7) is 11.0. The van der Waals surface area contributed by atoms with Gasteiger partial charge in [-0.2, -0.15) is 0 Å². The molecule has 0 aliphatic carbocycles. The highest BCUT2D eigenvalue weighted by molar-refractivity contribution is 6.80. The minimum absolute atomic E-state index is 0.00149. The lowest BCUT2D eigenvalue weighted by Gasteiger charge is -2.39. The van der Waals surface area contributed by atoms with Crippen molar-refractivity contribution in [1.29, 1.82) is 0 Å². The molecule has 2 aromatic carbocycles. The zero-order valence-electron chi connectivity index (χ0n) is 15.6. The molecule has 0 spiro atoms. The summed E-state index contributed by atoms with van der Waals surface area (Å²) in [5.74, 6) is 0.385. The first kappa shape index (κ1) is 18.9. The molecule has 0 heterocycles. The monoisotopic (exact) mass is 341 g/mol. The summed E-state index contributed by atoms with van der Waals surface area (Å²) < 4.78 is 6.82. The van der Waals surface area contributed by atoms with Gasteiger partial charge in [0.15, 0.2) is 0 Å². The van der Waals surface area contributed by atoms with E-state index in [1.54, 1.807) is 0 Å². The number of nitrogens with two attached hydrogens (primary N) is 1. The summed E-state index contributed by atoms with van der Waals surface area (Å²) in [5, 5.41) is 2.60. The first-order chi connectivity index (χ1) is 11.3. The van der Waals surface area contributed by atoms with E-state index in [4.69, 9.17) is 10.2 Å². The van der Waals surface area contributed by atoms with Crippen LogP contribution in [0.15, 0.2) is 60.7 Å². The van der Waals surface area contributed by atoms with Gasteiger partial charge in [0.25, 0.3) is 0 Å². The van der Waals surface area contributed by atoms with E-state index in [1.807, 2.05) is 0 Å². The van der Waals surface area contributed by atoms with Crippen LogP contribution in [-0.4, -0.2) is 21.2 Å². The van der Waals surface area contributed by atoms with Gasteiger partial charge in [-0.3, -0.25) is 0 Å². The van der Waals surface area contributed by atoms with E-state index >= 15 is 0 Å². The average molecular weight is 342 g/mol. The van der Waals surface area contributed by atoms with Crippen molar-refractivity contribution in [2.24, 2.45) is 17.1 Å². The Morgan fingerprint density at radius 2 is 1.25 bits per heavy atom. The fourth-order valence-electron chi connectivity index (χ4n) is 2.97. The first-order valence-corrected chi connectivity index (χ1v) is 10.4. The molecule has 2 N–H and O–H groups in total. The Hall–Kier alpha value is -1.42. The average Bonchev–Trinajstić information content (AvgIpc) is 2.55. The second-order valence-electron chi connectivity index (χ2n) is 7.95. The number of rotatable bonds is 6. The summed E-state index contributed by atoms with van der Waals surface area (Å²) in [4.78, 5) is 0. The van der Waals surface area contributed by atoms with Crippen LogP contribution in [-0.2, 0) is 4.43 Å². The Labute approximate surface area is 148 Å². The highest BCUT2D eigenvalue weighted by Gasteiger charge is 2.35. The maximum atomic E-state index is 6.82. The molecule has 0 fully saturated rings. The van der Waals surface area contributed by atoms with Crippen molar-refractivity contribution in [3.63, 3.8) is 0 Å². The largest absolute Gasteiger partial charge is 0.406 e. The van der Waals surface area contributed by atoms with E-state index in [0.717, 1.165) is 0 Å². The number of hydrogen-bond acceptors (Lipinski definition) is 2. The summed E-state index contributed by atoms with van der Waals surface area (Å²) in [7, 11) is -1.79. The standard InChI is InChI=1S/C21H31NOSi/c1-16(2)19(22)20(21(3,4)5)23-24(17-12-8-6-9-13-17)18-14-10-7-11-15-18/h6-16,19-20,24H,22H2,1-5H3/t19-,20?/m0/s1. The van der Waals surface area contributed by atoms with Crippen LogP contribution in [0.4, 0.5) is 0 Å². The van der Waals surface area contributed by atoms with Crippen LogP contribution in [0.5, 0.6) is 0 Å². The Balaban J connectivity index is 2.40. The lowest BCUT2D eigenvalue weighted by atomic mass is 9.81. The van der Waals surface area contributed by atoms with Gasteiger partial charge >= 0.3 is 0 Å². The minimum atomic E-state index is -1.79. The third-order valence-corrected chi connectivity index (χ3v) is 7.01. The van der Waals surface area contributed by atoms with Gasteiger partial charge in [0.2, 0.25) is 9.04 Å². The van der Waals surface area contributed by atoms with Crippen molar-refractivity contribution in [2.45, 2.75) is 46.8 Å². The Kier molecular flexibility index (Phi) is 6.38. The predicted molar refractivity (Wildman–Crippen MR) is 106 cm³/mol. The van der Waals surface area contributed by atoms with Gasteiger partial charge in [-0.15, -0.1) is 0 Å². The molecular weight excluding hydrogens is 310 g/mol. The number of hydrogen-bond donors (Lipinski definition) is 1. The molecule has 0 aliphatic heterocycles. The molecule has 2 rings (SSSR count). The normalized spacial score (nSPS) is 14.8. The molecule has 0 amide bonds. The lowest BCUT2D eigenvalue weighted by Crippen LogP contribution is -2.56. The number of benzene rings is 2. The maximum Gasteiger partial charge on any atom is 0.240 e. The van der Waals surface area contributed by atoms with E-state index in [0.29, 0.717) is 5.92 Å². The zero-order valence-corrected chi connectivity index (χ0v) is 16.7. The molecule has 0 saturated heterocycles. The smallest absolute Gasteiger partial charge is 0.240 e. The molecule has 0 bridgehead atoms. The molecule has 24 heavy (non-hydrogen) atoms. The second-order valence-corrected chi connectivity index (χ2v) is 10.3. The van der Waals surface area contributed by atoms with Crippen LogP contribution in [0.25, 0.3) is 0 Å². The molecule has 2 atom stereocenters. The molecule has 130 valence electrons. The van der Waals surface area contributed by atoms with E-state index in [1.165, 1.54) is 10.4 Å². The van der Waals surface area contributed by atoms with Crippen molar-refractivity contribution in [1.82, 2.24) is 0 Å². The molecule has 0 aliphatic rings. The minimum Gasteiger partial charge on any atom is -0.406 e. The van der Waals surface area contributed by atoms with Crippen LogP contribution >= 0.6 is 0 Å². The predicted octanol–water partition coefficient (Wildman–Crippen LogP) is 2.94. The van der Waals surface area contributed by atoms with Crippen LogP contribution in [0, 0.1) is 11.3 Å². The highest BCUT2D eigenvalue weighted by Crippen LogP contribution is 2.27. The van der Waals surface area contributed by atoms with Crippen molar-refractivity contribution in [2.75, 3.05) is 0 Å². The molecule has 2 aromatic rings. The Bertz CT molecular complexity index is 567. The Morgan fingerprint density at radius 1 is 0.833 bits per heavy atom. The van der Waals surface area contributed by atoms with Gasteiger partial charge in [0.05, 0.1) is 6.10 Å². The van der Waals surface area contributed by atoms with Crippen molar-refractivity contribution >= 4 is 19.4 Å². The van der Waals surface area contributed by atoms with Crippen molar-refractivity contribution in [3.8, 4) is 0 Å². The quantitative estimate of drug-likeness (QED) is 0.820. The summed E-state index contributed by atoms with van der Waals surface area (Å²) in [6.07, 6.45) is 0.0228. The molecule has 2 nitrogen and oxygen atoms in total. The molecule has 0 aromatic heterocycles. The third kappa shape index (κ3) is 4.79. The lowest BCUT2D eigenvalue weighted by molar-refractivity contribution is 0.0512. The van der Waals surface area contributed by atoms with Gasteiger partial charge in [-0.25, -0.2) is 0 Å². The van der Waals surface area contributed by atoms with Crippen LogP contribution < -0.4 is 16.1 Å². The zero-order chi connectivity index (χ0) is 17.7.